The van der Waals surface area contributed by atoms with Gasteiger partial charge >= 0.3 is 5.97 Å². The Hall–Kier alpha value is -2.29. The number of anilines is 1. The van der Waals surface area contributed by atoms with Crippen LogP contribution in [0.3, 0.4) is 0 Å². The van der Waals surface area contributed by atoms with Crippen LogP contribution in [0.4, 0.5) is 5.69 Å². The van der Waals surface area contributed by atoms with Gasteiger partial charge in [-0.15, -0.1) is 11.8 Å². The highest BCUT2D eigenvalue weighted by molar-refractivity contribution is 8.02. The standard InChI is InChI=1S/C28H33ClN2O5S/c29-19-10-12-20(13-11-19)30-16-8-14-28-23(22-21(37-28)9-4-3-7-18-36-27(22)35)25(33)31(24(28)26(30)34)15-5-1-2-6-17-32/h4,8-14,21-24,32H,1-3,5-7,15-18H2/b9-4-/t21-,22+,23+,24?,28+/m1/s1. The molecule has 5 atom stereocenters. The number of unbranched alkanes of at least 4 members (excludes halogenated alkanes) is 3. The number of rotatable bonds is 7. The average Bonchev–Trinajstić information content (AvgIpc) is 3.29. The maximum Gasteiger partial charge on any atom is 0.311 e. The van der Waals surface area contributed by atoms with Gasteiger partial charge in [0.2, 0.25) is 5.91 Å². The second-order valence-corrected chi connectivity index (χ2v) is 12.0. The number of thioether (sulfide) groups is 1. The minimum absolute atomic E-state index is 0.144. The van der Waals surface area contributed by atoms with Crippen molar-refractivity contribution in [2.24, 2.45) is 11.8 Å². The predicted molar refractivity (Wildman–Crippen MR) is 144 cm³/mol. The fourth-order valence-corrected chi connectivity index (χ4v) is 8.22. The van der Waals surface area contributed by atoms with E-state index in [1.807, 2.05) is 30.4 Å². The van der Waals surface area contributed by atoms with E-state index in [4.69, 9.17) is 21.4 Å². The molecule has 0 saturated carbocycles. The lowest BCUT2D eigenvalue weighted by Gasteiger charge is -2.35. The number of fused-ring (bicyclic) bond motifs is 2. The number of aliphatic hydroxyl groups is 1. The van der Waals surface area contributed by atoms with Crippen molar-refractivity contribution in [1.29, 1.82) is 0 Å². The van der Waals surface area contributed by atoms with Gasteiger partial charge in [-0.1, -0.05) is 48.7 Å². The van der Waals surface area contributed by atoms with Crippen molar-refractivity contribution in [3.63, 3.8) is 0 Å². The summed E-state index contributed by atoms with van der Waals surface area (Å²) in [7, 11) is 0. The number of hydrogen-bond donors (Lipinski definition) is 1. The van der Waals surface area contributed by atoms with Gasteiger partial charge in [0.1, 0.15) is 6.04 Å². The van der Waals surface area contributed by atoms with Crippen LogP contribution in [0, 0.1) is 11.8 Å². The topological polar surface area (TPSA) is 87.2 Å². The Morgan fingerprint density at radius 1 is 1.05 bits per heavy atom. The summed E-state index contributed by atoms with van der Waals surface area (Å²) in [6.45, 7) is 1.29. The Morgan fingerprint density at radius 3 is 2.62 bits per heavy atom. The van der Waals surface area contributed by atoms with Crippen LogP contribution >= 0.6 is 23.4 Å². The number of amides is 2. The first-order valence-electron chi connectivity index (χ1n) is 13.1. The number of benzene rings is 1. The zero-order chi connectivity index (χ0) is 26.0. The number of carbonyl (C=O) groups excluding carboxylic acids is 3. The van der Waals surface area contributed by atoms with Gasteiger partial charge in [0.15, 0.2) is 0 Å². The molecular formula is C28H33ClN2O5S. The largest absolute Gasteiger partial charge is 0.465 e. The number of allylic oxidation sites excluding steroid dienone is 1. The first-order chi connectivity index (χ1) is 18.0. The number of halogens is 1. The minimum Gasteiger partial charge on any atom is -0.465 e. The van der Waals surface area contributed by atoms with Crippen molar-refractivity contribution in [1.82, 2.24) is 4.90 Å². The second kappa shape index (κ2) is 11.2. The van der Waals surface area contributed by atoms with Crippen LogP contribution in [-0.2, 0) is 19.1 Å². The number of likely N-dealkylation sites (tertiary alicyclic amines) is 1. The third-order valence-corrected chi connectivity index (χ3v) is 9.79. The Morgan fingerprint density at radius 2 is 1.84 bits per heavy atom. The molecule has 2 amide bonds. The number of esters is 1. The number of carbonyl (C=O) groups is 3. The average molecular weight is 545 g/mol. The maximum absolute atomic E-state index is 14.3. The molecule has 2 fully saturated rings. The van der Waals surface area contributed by atoms with Crippen LogP contribution < -0.4 is 4.90 Å². The van der Waals surface area contributed by atoms with Crippen LogP contribution in [0.5, 0.6) is 0 Å². The molecule has 0 bridgehead atoms. The van der Waals surface area contributed by atoms with E-state index in [0.29, 0.717) is 31.1 Å². The molecule has 2 saturated heterocycles. The number of nitrogens with zero attached hydrogens (tertiary/aromatic N) is 2. The highest BCUT2D eigenvalue weighted by atomic mass is 35.5. The lowest BCUT2D eigenvalue weighted by Crippen LogP contribution is -2.53. The molecule has 1 N–H and O–H groups in total. The van der Waals surface area contributed by atoms with Gasteiger partial charge in [-0.3, -0.25) is 14.4 Å². The summed E-state index contributed by atoms with van der Waals surface area (Å²) in [5.41, 5.74) is 0.722. The van der Waals surface area contributed by atoms with Crippen molar-refractivity contribution >= 4 is 46.8 Å². The quantitative estimate of drug-likeness (QED) is 0.317. The normalized spacial score (nSPS) is 32.1. The molecule has 0 aliphatic carbocycles. The van der Waals surface area contributed by atoms with Crippen LogP contribution in [0.15, 0.2) is 48.6 Å². The first kappa shape index (κ1) is 26.3. The molecule has 7 nitrogen and oxygen atoms in total. The van der Waals surface area contributed by atoms with E-state index in [1.54, 1.807) is 33.7 Å². The van der Waals surface area contributed by atoms with Gasteiger partial charge in [0, 0.05) is 35.7 Å². The predicted octanol–water partition coefficient (Wildman–Crippen LogP) is 3.99. The highest BCUT2D eigenvalue weighted by Crippen LogP contribution is 2.60. The van der Waals surface area contributed by atoms with E-state index in [2.05, 4.69) is 6.08 Å². The van der Waals surface area contributed by atoms with Crippen molar-refractivity contribution in [3.05, 3.63) is 53.6 Å². The van der Waals surface area contributed by atoms with Gasteiger partial charge in [0.25, 0.3) is 5.91 Å². The summed E-state index contributed by atoms with van der Waals surface area (Å²) in [6, 6.07) is 6.43. The van der Waals surface area contributed by atoms with Crippen LogP contribution in [-0.4, -0.2) is 70.1 Å². The lowest BCUT2D eigenvalue weighted by atomic mass is 9.78. The molecule has 5 rings (SSSR count). The number of ether oxygens (including phenoxy) is 1. The Balaban J connectivity index is 1.53. The highest BCUT2D eigenvalue weighted by Gasteiger charge is 2.70. The fourth-order valence-electron chi connectivity index (χ4n) is 6.09. The van der Waals surface area contributed by atoms with Gasteiger partial charge in [0.05, 0.1) is 23.2 Å². The van der Waals surface area contributed by atoms with Crippen LogP contribution in [0.1, 0.15) is 38.5 Å². The summed E-state index contributed by atoms with van der Waals surface area (Å²) >= 11 is 7.66. The molecule has 1 spiro atoms. The zero-order valence-electron chi connectivity index (χ0n) is 20.8. The third kappa shape index (κ3) is 4.84. The molecule has 9 heteroatoms. The summed E-state index contributed by atoms with van der Waals surface area (Å²) in [6.07, 6.45) is 12.8. The molecule has 1 aromatic rings. The molecule has 1 aromatic carbocycles. The van der Waals surface area contributed by atoms with Crippen LogP contribution in [0.25, 0.3) is 0 Å². The summed E-state index contributed by atoms with van der Waals surface area (Å²) in [5, 5.41) is 9.47. The SMILES string of the molecule is O=C1OCCC/C=C\[C@H]2S[C@]34C=CCN(c5ccc(Cl)cc5)C(=O)C3N(CCCCCCO)C(=O)[C@@H]4[C@@H]12. The zero-order valence-corrected chi connectivity index (χ0v) is 22.3. The number of hydrogen-bond acceptors (Lipinski definition) is 6. The Kier molecular flexibility index (Phi) is 7.98. The molecule has 4 aliphatic rings. The van der Waals surface area contributed by atoms with Crippen molar-refractivity contribution < 1.29 is 24.2 Å². The summed E-state index contributed by atoms with van der Waals surface area (Å²) in [4.78, 5) is 45.1. The Bertz CT molecular complexity index is 1090. The second-order valence-electron chi connectivity index (χ2n) is 10.1. The first-order valence-corrected chi connectivity index (χ1v) is 14.4. The molecular weight excluding hydrogens is 512 g/mol. The number of cyclic esters (lactones) is 1. The maximum atomic E-state index is 14.3. The smallest absolute Gasteiger partial charge is 0.311 e. The van der Waals surface area contributed by atoms with E-state index in [9.17, 15) is 14.4 Å². The number of aliphatic hydroxyl groups excluding tert-OH is 1. The molecule has 0 radical (unpaired) electrons. The summed E-state index contributed by atoms with van der Waals surface area (Å²) in [5.74, 6) is -1.93. The van der Waals surface area contributed by atoms with Gasteiger partial charge < -0.3 is 19.6 Å². The fraction of sp³-hybridized carbons (Fsp3) is 0.536. The molecule has 198 valence electrons. The molecule has 4 aliphatic heterocycles. The third-order valence-electron chi connectivity index (χ3n) is 7.80. The molecule has 37 heavy (non-hydrogen) atoms. The van der Waals surface area contributed by atoms with E-state index >= 15 is 0 Å². The summed E-state index contributed by atoms with van der Waals surface area (Å²) < 4.78 is 4.76. The van der Waals surface area contributed by atoms with Crippen molar-refractivity contribution in [2.75, 3.05) is 31.2 Å². The van der Waals surface area contributed by atoms with Gasteiger partial charge in [-0.05, 0) is 49.9 Å². The van der Waals surface area contributed by atoms with Crippen LogP contribution in [0.2, 0.25) is 5.02 Å². The Labute approximate surface area is 226 Å². The molecule has 1 unspecified atom stereocenters. The monoisotopic (exact) mass is 544 g/mol. The van der Waals surface area contributed by atoms with E-state index < -0.39 is 22.6 Å². The van der Waals surface area contributed by atoms with Crippen molar-refractivity contribution in [2.45, 2.75) is 54.6 Å². The molecule has 4 heterocycles. The minimum atomic E-state index is -0.849. The molecule has 0 aromatic heterocycles. The van der Waals surface area contributed by atoms with Gasteiger partial charge in [-0.2, -0.15) is 0 Å². The van der Waals surface area contributed by atoms with E-state index in [1.165, 1.54) is 0 Å². The van der Waals surface area contributed by atoms with Crippen molar-refractivity contribution in [3.8, 4) is 0 Å². The van der Waals surface area contributed by atoms with E-state index in [0.717, 1.165) is 37.8 Å². The van der Waals surface area contributed by atoms with Gasteiger partial charge in [-0.25, -0.2) is 0 Å². The van der Waals surface area contributed by atoms with E-state index in [-0.39, 0.29) is 29.6 Å². The lowest BCUT2D eigenvalue weighted by molar-refractivity contribution is -0.153.